The Kier molecular flexibility index (Phi) is 6.56. The fraction of sp³-hybridized carbons (Fsp3) is 0.412. The fourth-order valence-electron chi connectivity index (χ4n) is 1.86. The normalized spacial score (nSPS) is 11.5. The summed E-state index contributed by atoms with van der Waals surface area (Å²) in [5.41, 5.74) is 1.75. The highest BCUT2D eigenvalue weighted by Gasteiger charge is 2.12. The molecule has 0 amide bonds. The first-order chi connectivity index (χ1) is 11.0. The molecule has 0 aliphatic carbocycles. The Bertz CT molecular complexity index is 615. The molecule has 2 aromatic rings. The number of hydrogen-bond donors (Lipinski definition) is 0. The van der Waals surface area contributed by atoms with Gasteiger partial charge in [-0.05, 0) is 36.4 Å². The van der Waals surface area contributed by atoms with Gasteiger partial charge in [-0.2, -0.15) is 0 Å². The Hall–Kier alpha value is -1.43. The average Bonchev–Trinajstić information content (AvgIpc) is 2.54. The number of ether oxygens (including phenoxy) is 2. The summed E-state index contributed by atoms with van der Waals surface area (Å²) in [6.07, 6.45) is 1.72. The molecular formula is C17H23ClN2O2Si. The second-order valence-electron chi connectivity index (χ2n) is 6.51. The standard InChI is InChI=1S/C17H23ClN2O2Si/c1-23(2,3)11-10-21-13-22-16-6-4-14(5-7-16)17-19-9-8-15(12-18)20-17/h4-9H,10-13H2,1-3H3. The molecule has 0 atom stereocenters. The number of hydrogen-bond acceptors (Lipinski definition) is 4. The van der Waals surface area contributed by atoms with Crippen LogP contribution in [0.5, 0.6) is 5.75 Å². The van der Waals surface area contributed by atoms with Crippen LogP contribution in [0.15, 0.2) is 36.5 Å². The first kappa shape index (κ1) is 17.9. The Morgan fingerprint density at radius 2 is 1.83 bits per heavy atom. The van der Waals surface area contributed by atoms with Crippen LogP contribution in [-0.2, 0) is 10.6 Å². The van der Waals surface area contributed by atoms with E-state index in [-0.39, 0.29) is 6.79 Å². The molecule has 1 aromatic heterocycles. The molecule has 0 aliphatic heterocycles. The largest absolute Gasteiger partial charge is 0.468 e. The summed E-state index contributed by atoms with van der Waals surface area (Å²) in [5, 5.41) is 0. The van der Waals surface area contributed by atoms with Crippen LogP contribution in [0.3, 0.4) is 0 Å². The number of rotatable bonds is 8. The Labute approximate surface area is 143 Å². The second-order valence-corrected chi connectivity index (χ2v) is 12.4. The van der Waals surface area contributed by atoms with Gasteiger partial charge in [-0.1, -0.05) is 19.6 Å². The van der Waals surface area contributed by atoms with Crippen molar-refractivity contribution in [3.05, 3.63) is 42.2 Å². The lowest BCUT2D eigenvalue weighted by Crippen LogP contribution is -2.22. The maximum Gasteiger partial charge on any atom is 0.189 e. The number of nitrogens with zero attached hydrogens (tertiary/aromatic N) is 2. The first-order valence-corrected chi connectivity index (χ1v) is 11.9. The van der Waals surface area contributed by atoms with Crippen LogP contribution in [0.4, 0.5) is 0 Å². The molecule has 0 saturated carbocycles. The molecule has 1 heterocycles. The lowest BCUT2D eigenvalue weighted by molar-refractivity contribution is 0.0220. The summed E-state index contributed by atoms with van der Waals surface area (Å²) < 4.78 is 11.1. The van der Waals surface area contributed by atoms with E-state index in [0.717, 1.165) is 29.7 Å². The van der Waals surface area contributed by atoms with Crippen LogP contribution in [0.25, 0.3) is 11.4 Å². The maximum absolute atomic E-state index is 5.80. The summed E-state index contributed by atoms with van der Waals surface area (Å²) in [4.78, 5) is 8.66. The summed E-state index contributed by atoms with van der Waals surface area (Å²) in [6, 6.07) is 10.6. The fourth-order valence-corrected chi connectivity index (χ4v) is 2.76. The monoisotopic (exact) mass is 350 g/mol. The van der Waals surface area contributed by atoms with Crippen molar-refractivity contribution in [2.75, 3.05) is 13.4 Å². The zero-order valence-electron chi connectivity index (χ0n) is 13.9. The van der Waals surface area contributed by atoms with Crippen molar-refractivity contribution in [1.29, 1.82) is 0 Å². The summed E-state index contributed by atoms with van der Waals surface area (Å²) in [6.45, 7) is 8.03. The molecule has 0 spiro atoms. The molecule has 0 fully saturated rings. The molecule has 6 heteroatoms. The van der Waals surface area contributed by atoms with Gasteiger partial charge in [-0.25, -0.2) is 9.97 Å². The van der Waals surface area contributed by atoms with Crippen molar-refractivity contribution in [2.45, 2.75) is 31.6 Å². The van der Waals surface area contributed by atoms with E-state index in [1.165, 1.54) is 0 Å². The quantitative estimate of drug-likeness (QED) is 0.302. The van der Waals surface area contributed by atoms with Gasteiger partial charge in [0.1, 0.15) is 5.75 Å². The SMILES string of the molecule is C[Si](C)(C)CCOCOc1ccc(-c2nccc(CCl)n2)cc1. The topological polar surface area (TPSA) is 44.2 Å². The van der Waals surface area contributed by atoms with Gasteiger partial charge >= 0.3 is 0 Å². The molecule has 124 valence electrons. The van der Waals surface area contributed by atoms with Gasteiger partial charge in [0.25, 0.3) is 0 Å². The van der Waals surface area contributed by atoms with E-state index in [1.807, 2.05) is 30.3 Å². The second kappa shape index (κ2) is 8.43. The molecule has 0 saturated heterocycles. The number of halogens is 1. The van der Waals surface area contributed by atoms with Crippen molar-refractivity contribution in [1.82, 2.24) is 9.97 Å². The molecule has 0 unspecified atom stereocenters. The van der Waals surface area contributed by atoms with Crippen molar-refractivity contribution in [3.63, 3.8) is 0 Å². The van der Waals surface area contributed by atoms with E-state index in [4.69, 9.17) is 21.1 Å². The van der Waals surface area contributed by atoms with Gasteiger partial charge in [-0.15, -0.1) is 11.6 Å². The molecular weight excluding hydrogens is 328 g/mol. The van der Waals surface area contributed by atoms with Crippen LogP contribution >= 0.6 is 11.6 Å². The van der Waals surface area contributed by atoms with Crippen molar-refractivity contribution >= 4 is 19.7 Å². The van der Waals surface area contributed by atoms with E-state index >= 15 is 0 Å². The van der Waals surface area contributed by atoms with Crippen molar-refractivity contribution in [3.8, 4) is 17.1 Å². The van der Waals surface area contributed by atoms with Crippen LogP contribution < -0.4 is 4.74 Å². The predicted molar refractivity (Wildman–Crippen MR) is 96.6 cm³/mol. The van der Waals surface area contributed by atoms with E-state index in [2.05, 4.69) is 29.6 Å². The summed E-state index contributed by atoms with van der Waals surface area (Å²) in [7, 11) is -1.04. The van der Waals surface area contributed by atoms with Gasteiger partial charge in [0.15, 0.2) is 12.6 Å². The van der Waals surface area contributed by atoms with Crippen molar-refractivity contribution in [2.24, 2.45) is 0 Å². The Balaban J connectivity index is 1.85. The minimum atomic E-state index is -1.04. The highest BCUT2D eigenvalue weighted by molar-refractivity contribution is 6.76. The molecule has 0 bridgehead atoms. The molecule has 1 aromatic carbocycles. The molecule has 0 aliphatic rings. The average molecular weight is 351 g/mol. The van der Waals surface area contributed by atoms with Gasteiger partial charge in [0, 0.05) is 26.4 Å². The smallest absolute Gasteiger partial charge is 0.189 e. The zero-order valence-corrected chi connectivity index (χ0v) is 15.6. The van der Waals surface area contributed by atoms with E-state index in [9.17, 15) is 0 Å². The van der Waals surface area contributed by atoms with Gasteiger partial charge < -0.3 is 9.47 Å². The van der Waals surface area contributed by atoms with Crippen molar-refractivity contribution < 1.29 is 9.47 Å². The number of benzene rings is 1. The summed E-state index contributed by atoms with van der Waals surface area (Å²) in [5.74, 6) is 1.82. The lowest BCUT2D eigenvalue weighted by Gasteiger charge is -2.15. The van der Waals surface area contributed by atoms with E-state index < -0.39 is 8.07 Å². The van der Waals surface area contributed by atoms with Gasteiger partial charge in [-0.3, -0.25) is 0 Å². The van der Waals surface area contributed by atoms with Gasteiger partial charge in [0.2, 0.25) is 0 Å². The molecule has 0 radical (unpaired) electrons. The van der Waals surface area contributed by atoms with Crippen LogP contribution in [-0.4, -0.2) is 31.4 Å². The Morgan fingerprint density at radius 3 is 2.48 bits per heavy atom. The van der Waals surface area contributed by atoms with E-state index in [0.29, 0.717) is 11.7 Å². The minimum absolute atomic E-state index is 0.280. The third-order valence-electron chi connectivity index (χ3n) is 3.27. The zero-order chi connectivity index (χ0) is 16.7. The number of aromatic nitrogens is 2. The maximum atomic E-state index is 5.80. The minimum Gasteiger partial charge on any atom is -0.468 e. The highest BCUT2D eigenvalue weighted by atomic mass is 35.5. The summed E-state index contributed by atoms with van der Waals surface area (Å²) >= 11 is 5.80. The highest BCUT2D eigenvalue weighted by Crippen LogP contribution is 2.19. The van der Waals surface area contributed by atoms with E-state index in [1.54, 1.807) is 6.20 Å². The Morgan fingerprint density at radius 1 is 1.09 bits per heavy atom. The lowest BCUT2D eigenvalue weighted by atomic mass is 10.2. The van der Waals surface area contributed by atoms with Crippen LogP contribution in [0.1, 0.15) is 5.69 Å². The molecule has 23 heavy (non-hydrogen) atoms. The first-order valence-electron chi connectivity index (χ1n) is 7.67. The molecule has 0 N–H and O–H groups in total. The van der Waals surface area contributed by atoms with Gasteiger partial charge in [0.05, 0.1) is 11.6 Å². The van der Waals surface area contributed by atoms with Crippen LogP contribution in [0.2, 0.25) is 25.7 Å². The predicted octanol–water partition coefficient (Wildman–Crippen LogP) is 4.57. The third kappa shape index (κ3) is 6.29. The molecule has 2 rings (SSSR count). The number of alkyl halides is 1. The third-order valence-corrected chi connectivity index (χ3v) is 5.25. The van der Waals surface area contributed by atoms with Crippen LogP contribution in [0, 0.1) is 0 Å². The molecule has 4 nitrogen and oxygen atoms in total.